The fourth-order valence-corrected chi connectivity index (χ4v) is 6.12. The number of carbonyl (C=O) groups excluding carboxylic acids is 1. The van der Waals surface area contributed by atoms with Crippen molar-refractivity contribution >= 4 is 6.29 Å². The van der Waals surface area contributed by atoms with Crippen molar-refractivity contribution in [2.45, 2.75) is 115 Å². The van der Waals surface area contributed by atoms with Crippen LogP contribution in [0.25, 0.3) is 0 Å². The highest BCUT2D eigenvalue weighted by atomic mass is 16.1. The summed E-state index contributed by atoms with van der Waals surface area (Å²) >= 11 is 0. The van der Waals surface area contributed by atoms with Gasteiger partial charge in [0.25, 0.3) is 0 Å². The Morgan fingerprint density at radius 2 is 1.24 bits per heavy atom. The Labute approximate surface area is 205 Å². The topological polar surface area (TPSA) is 56.4 Å². The van der Waals surface area contributed by atoms with Crippen molar-refractivity contribution in [2.24, 2.45) is 11.8 Å². The zero-order chi connectivity index (χ0) is 23.6. The van der Waals surface area contributed by atoms with E-state index in [0.717, 1.165) is 24.7 Å². The molecule has 4 aliphatic rings. The summed E-state index contributed by atoms with van der Waals surface area (Å²) in [7, 11) is 4.08. The molecule has 0 radical (unpaired) electrons. The summed E-state index contributed by atoms with van der Waals surface area (Å²) in [6, 6.07) is 1.24. The molecule has 2 saturated heterocycles. The molecule has 4 rings (SSSR count). The van der Waals surface area contributed by atoms with Gasteiger partial charge in [-0.2, -0.15) is 0 Å². The number of aldehydes is 1. The maximum absolute atomic E-state index is 10.5. The van der Waals surface area contributed by atoms with Gasteiger partial charge in [-0.25, -0.2) is 0 Å². The summed E-state index contributed by atoms with van der Waals surface area (Å²) in [4.78, 5) is 13.2. The average Bonchev–Trinajstić information content (AvgIpc) is 3.33. The van der Waals surface area contributed by atoms with E-state index in [0.29, 0.717) is 6.04 Å². The number of hydrogen-bond acceptors (Lipinski definition) is 5. The molecule has 0 aromatic heterocycles. The standard InChI is InChI=1S/C14H28N2.C8H15NO.C6H13N/c1-15-14-9-5-4-8-13(14)12-16-10-6-2-3-7-11-16;1-9-8-5-3-2-4-7(8)6-10;1-2-4-6-7-5-3-1/h13-15H,2-12H2,1H3;6-9H,2-5H2,1H3;7H,1-6H2/t13-,14+;7-,8+;/m00./s1. The van der Waals surface area contributed by atoms with Crippen LogP contribution in [0, 0.1) is 11.8 Å². The number of nitrogens with one attached hydrogen (secondary N) is 3. The number of hydrogen-bond donors (Lipinski definition) is 3. The van der Waals surface area contributed by atoms with E-state index in [1.54, 1.807) is 0 Å². The van der Waals surface area contributed by atoms with Gasteiger partial charge in [0, 0.05) is 24.5 Å². The molecule has 3 N–H and O–H groups in total. The van der Waals surface area contributed by atoms with Gasteiger partial charge in [0.05, 0.1) is 0 Å². The van der Waals surface area contributed by atoms with Gasteiger partial charge in [-0.3, -0.25) is 0 Å². The minimum Gasteiger partial charge on any atom is -0.317 e. The van der Waals surface area contributed by atoms with Crippen LogP contribution in [-0.4, -0.2) is 70.1 Å². The van der Waals surface area contributed by atoms with E-state index in [1.165, 1.54) is 129 Å². The smallest absolute Gasteiger partial charge is 0.124 e. The van der Waals surface area contributed by atoms with E-state index in [9.17, 15) is 4.79 Å². The van der Waals surface area contributed by atoms with Crippen LogP contribution in [0.5, 0.6) is 0 Å². The van der Waals surface area contributed by atoms with Gasteiger partial charge >= 0.3 is 0 Å². The van der Waals surface area contributed by atoms with Crippen LogP contribution in [0.4, 0.5) is 0 Å². The molecule has 5 heteroatoms. The zero-order valence-corrected chi connectivity index (χ0v) is 22.1. The quantitative estimate of drug-likeness (QED) is 0.513. The predicted octanol–water partition coefficient (Wildman–Crippen LogP) is 4.75. The Morgan fingerprint density at radius 1 is 0.697 bits per heavy atom. The van der Waals surface area contributed by atoms with E-state index in [-0.39, 0.29) is 5.92 Å². The first-order chi connectivity index (χ1) is 16.3. The first kappa shape index (κ1) is 28.7. The molecule has 2 heterocycles. The molecular weight excluding hydrogens is 408 g/mol. The van der Waals surface area contributed by atoms with Crippen molar-refractivity contribution in [1.29, 1.82) is 0 Å². The van der Waals surface area contributed by atoms with Crippen LogP contribution in [0.15, 0.2) is 0 Å². The highest BCUT2D eigenvalue weighted by molar-refractivity contribution is 5.54. The summed E-state index contributed by atoms with van der Waals surface area (Å²) in [5.74, 6) is 1.19. The minimum atomic E-state index is 0.277. The molecule has 0 bridgehead atoms. The van der Waals surface area contributed by atoms with Crippen LogP contribution in [0.2, 0.25) is 0 Å². The molecule has 0 unspecified atom stereocenters. The van der Waals surface area contributed by atoms with Crippen molar-refractivity contribution in [3.05, 3.63) is 0 Å². The lowest BCUT2D eigenvalue weighted by Gasteiger charge is -2.35. The van der Waals surface area contributed by atoms with Gasteiger partial charge < -0.3 is 25.6 Å². The van der Waals surface area contributed by atoms with Crippen LogP contribution >= 0.6 is 0 Å². The van der Waals surface area contributed by atoms with Gasteiger partial charge in [0.15, 0.2) is 0 Å². The highest BCUT2D eigenvalue weighted by Crippen LogP contribution is 2.26. The first-order valence-corrected chi connectivity index (χ1v) is 14.5. The molecule has 4 fully saturated rings. The second kappa shape index (κ2) is 18.8. The summed E-state index contributed by atoms with van der Waals surface area (Å²) in [6.45, 7) is 6.56. The molecular formula is C28H56N4O. The third-order valence-corrected chi connectivity index (χ3v) is 8.29. The van der Waals surface area contributed by atoms with E-state index < -0.39 is 0 Å². The number of nitrogens with zero attached hydrogens (tertiary/aromatic N) is 1. The van der Waals surface area contributed by atoms with Crippen molar-refractivity contribution < 1.29 is 4.79 Å². The lowest BCUT2D eigenvalue weighted by molar-refractivity contribution is -0.112. The van der Waals surface area contributed by atoms with Crippen molar-refractivity contribution in [1.82, 2.24) is 20.9 Å². The van der Waals surface area contributed by atoms with E-state index >= 15 is 0 Å². The lowest BCUT2D eigenvalue weighted by atomic mass is 9.84. The fraction of sp³-hybridized carbons (Fsp3) is 0.964. The Morgan fingerprint density at radius 3 is 1.82 bits per heavy atom. The Kier molecular flexibility index (Phi) is 16.4. The molecule has 5 nitrogen and oxygen atoms in total. The molecule has 0 amide bonds. The van der Waals surface area contributed by atoms with Crippen LogP contribution in [0.1, 0.15) is 103 Å². The van der Waals surface area contributed by atoms with E-state index in [2.05, 4.69) is 27.9 Å². The summed E-state index contributed by atoms with van der Waals surface area (Å²) in [6.07, 6.45) is 23.0. The average molecular weight is 465 g/mol. The molecule has 0 aromatic rings. The molecule has 33 heavy (non-hydrogen) atoms. The monoisotopic (exact) mass is 464 g/mol. The Bertz CT molecular complexity index is 447. The lowest BCUT2D eigenvalue weighted by Crippen LogP contribution is -2.43. The Hall–Kier alpha value is -0.490. The first-order valence-electron chi connectivity index (χ1n) is 14.5. The van der Waals surface area contributed by atoms with Crippen molar-refractivity contribution in [3.8, 4) is 0 Å². The fourth-order valence-electron chi connectivity index (χ4n) is 6.12. The van der Waals surface area contributed by atoms with E-state index in [1.807, 2.05) is 7.05 Å². The SMILES string of the molecule is C1CCCNCC1.CN[C@@H]1CCCC[C@H]1C=O.CN[C@@H]1CCCC[C@H]1CN1CCCCCC1. The molecule has 0 spiro atoms. The van der Waals surface area contributed by atoms with E-state index in [4.69, 9.17) is 0 Å². The van der Waals surface area contributed by atoms with Gasteiger partial charge in [0.1, 0.15) is 6.29 Å². The molecule has 2 aliphatic heterocycles. The summed E-state index contributed by atoms with van der Waals surface area (Å²) in [5, 5.41) is 10.1. The molecule has 4 atom stereocenters. The molecule has 2 aliphatic carbocycles. The molecule has 2 saturated carbocycles. The second-order valence-electron chi connectivity index (χ2n) is 10.8. The van der Waals surface area contributed by atoms with Gasteiger partial charge in [-0.15, -0.1) is 0 Å². The van der Waals surface area contributed by atoms with Crippen LogP contribution in [-0.2, 0) is 4.79 Å². The summed E-state index contributed by atoms with van der Waals surface area (Å²) < 4.78 is 0. The Balaban J connectivity index is 0.000000193. The normalized spacial score (nSPS) is 31.6. The molecule has 194 valence electrons. The largest absolute Gasteiger partial charge is 0.317 e. The number of rotatable bonds is 5. The van der Waals surface area contributed by atoms with Gasteiger partial charge in [-0.05, 0) is 97.6 Å². The van der Waals surface area contributed by atoms with Gasteiger partial charge in [-0.1, -0.05) is 51.4 Å². The van der Waals surface area contributed by atoms with Gasteiger partial charge in [0.2, 0.25) is 0 Å². The molecule has 0 aromatic carbocycles. The van der Waals surface area contributed by atoms with Crippen molar-refractivity contribution in [2.75, 3.05) is 46.8 Å². The number of likely N-dealkylation sites (tertiary alicyclic amines) is 1. The predicted molar refractivity (Wildman–Crippen MR) is 142 cm³/mol. The summed E-state index contributed by atoms with van der Waals surface area (Å²) in [5.41, 5.74) is 0. The van der Waals surface area contributed by atoms with Crippen LogP contribution in [0.3, 0.4) is 0 Å². The minimum absolute atomic E-state index is 0.277. The maximum atomic E-state index is 10.5. The maximum Gasteiger partial charge on any atom is 0.124 e. The third-order valence-electron chi connectivity index (χ3n) is 8.29. The van der Waals surface area contributed by atoms with Crippen LogP contribution < -0.4 is 16.0 Å². The number of carbonyl (C=O) groups is 1. The van der Waals surface area contributed by atoms with Crippen molar-refractivity contribution in [3.63, 3.8) is 0 Å². The highest BCUT2D eigenvalue weighted by Gasteiger charge is 2.25. The third kappa shape index (κ3) is 12.2. The second-order valence-corrected chi connectivity index (χ2v) is 10.8. The zero-order valence-electron chi connectivity index (χ0n) is 22.1.